The molecule has 0 aromatic heterocycles. The van der Waals surface area contributed by atoms with Gasteiger partial charge in [-0.3, -0.25) is 10.7 Å². The van der Waals surface area contributed by atoms with Crippen LogP contribution in [0.2, 0.25) is 0 Å². The van der Waals surface area contributed by atoms with Crippen LogP contribution in [0.25, 0.3) is 5.70 Å². The highest BCUT2D eigenvalue weighted by Gasteiger charge is 2.44. The molecule has 1 unspecified atom stereocenters. The van der Waals surface area contributed by atoms with E-state index in [-0.39, 0.29) is 0 Å². The molecule has 188 valence electrons. The Hall–Kier alpha value is -2.54. The standard InChI is InChI=1S/C29H41N5O/c1-23-17-25(10-11-27(23)28(32-30)19-31-18-26-9-5-6-16-35-26)34-14-12-29(13-15-34)21-33(22-29)20-24-7-3-2-4-8-24/h2-4,7-8,10-11,17,19,26,31-32H,5-6,9,12-16,18,20-22,30H2,1H3/b28-19-. The van der Waals surface area contributed by atoms with Gasteiger partial charge in [0.05, 0.1) is 11.8 Å². The Bertz CT molecular complexity index is 985. The molecule has 3 aliphatic rings. The van der Waals surface area contributed by atoms with Crippen LogP contribution in [0.5, 0.6) is 0 Å². The third-order valence-corrected chi connectivity index (χ3v) is 8.08. The van der Waals surface area contributed by atoms with Gasteiger partial charge in [-0.1, -0.05) is 36.4 Å². The molecular formula is C29H41N5O. The van der Waals surface area contributed by atoms with Crippen LogP contribution in [0, 0.1) is 12.3 Å². The van der Waals surface area contributed by atoms with Crippen molar-refractivity contribution in [3.63, 3.8) is 0 Å². The SMILES string of the molecule is Cc1cc(N2CCC3(CC2)CN(Cc2ccccc2)C3)ccc1/C(=C/NCC1CCCCO1)NN. The topological polar surface area (TPSA) is 65.8 Å². The number of ether oxygens (including phenoxy) is 1. The summed E-state index contributed by atoms with van der Waals surface area (Å²) in [4.78, 5) is 5.16. The van der Waals surface area contributed by atoms with Crippen LogP contribution < -0.4 is 21.5 Å². The molecule has 4 N–H and O–H groups in total. The highest BCUT2D eigenvalue weighted by molar-refractivity contribution is 5.69. The molecule has 2 aromatic rings. The highest BCUT2D eigenvalue weighted by atomic mass is 16.5. The first kappa shape index (κ1) is 24.2. The first-order valence-electron chi connectivity index (χ1n) is 13.3. The van der Waals surface area contributed by atoms with Gasteiger partial charge in [0, 0.05) is 63.3 Å². The summed E-state index contributed by atoms with van der Waals surface area (Å²) in [7, 11) is 0. The minimum Gasteiger partial charge on any atom is -0.387 e. The molecule has 35 heavy (non-hydrogen) atoms. The van der Waals surface area contributed by atoms with Crippen LogP contribution in [0.4, 0.5) is 5.69 Å². The second-order valence-electron chi connectivity index (χ2n) is 10.7. The molecule has 3 aliphatic heterocycles. The number of aryl methyl sites for hydroxylation is 1. The number of rotatable bonds is 8. The second kappa shape index (κ2) is 11.0. The summed E-state index contributed by atoms with van der Waals surface area (Å²) in [6, 6.07) is 17.6. The average molecular weight is 476 g/mol. The van der Waals surface area contributed by atoms with Crippen LogP contribution in [0.1, 0.15) is 48.8 Å². The Balaban J connectivity index is 1.13. The van der Waals surface area contributed by atoms with Gasteiger partial charge in [-0.25, -0.2) is 0 Å². The van der Waals surface area contributed by atoms with Gasteiger partial charge in [0.15, 0.2) is 0 Å². The number of nitrogens with zero attached hydrogens (tertiary/aromatic N) is 2. The second-order valence-corrected chi connectivity index (χ2v) is 10.7. The molecule has 1 spiro atoms. The number of benzene rings is 2. The van der Waals surface area contributed by atoms with Crippen LogP contribution in [0.15, 0.2) is 54.7 Å². The minimum absolute atomic E-state index is 0.297. The summed E-state index contributed by atoms with van der Waals surface area (Å²) in [5.74, 6) is 5.88. The Labute approximate surface area is 210 Å². The van der Waals surface area contributed by atoms with Crippen molar-refractivity contribution in [3.05, 3.63) is 71.4 Å². The zero-order valence-electron chi connectivity index (χ0n) is 21.1. The molecule has 3 saturated heterocycles. The first-order chi connectivity index (χ1) is 17.1. The Morgan fingerprint density at radius 1 is 1.11 bits per heavy atom. The van der Waals surface area contributed by atoms with Gasteiger partial charge in [-0.2, -0.15) is 0 Å². The third-order valence-electron chi connectivity index (χ3n) is 8.08. The molecule has 2 aromatic carbocycles. The van der Waals surface area contributed by atoms with Gasteiger partial charge in [0.2, 0.25) is 0 Å². The molecule has 0 bridgehead atoms. The van der Waals surface area contributed by atoms with Crippen molar-refractivity contribution >= 4 is 11.4 Å². The molecule has 1 atom stereocenters. The van der Waals surface area contributed by atoms with Crippen LogP contribution in [-0.2, 0) is 11.3 Å². The highest BCUT2D eigenvalue weighted by Crippen LogP contribution is 2.42. The van der Waals surface area contributed by atoms with Gasteiger partial charge in [0.1, 0.15) is 0 Å². The maximum Gasteiger partial charge on any atom is 0.0747 e. The molecule has 0 aliphatic carbocycles. The van der Waals surface area contributed by atoms with E-state index in [2.05, 4.69) is 76.0 Å². The van der Waals surface area contributed by atoms with E-state index in [4.69, 9.17) is 10.6 Å². The van der Waals surface area contributed by atoms with Crippen LogP contribution in [0.3, 0.4) is 0 Å². The summed E-state index contributed by atoms with van der Waals surface area (Å²) in [6.45, 7) is 9.71. The van der Waals surface area contributed by atoms with Crippen LogP contribution in [-0.4, -0.2) is 50.3 Å². The molecule has 5 rings (SSSR count). The van der Waals surface area contributed by atoms with Gasteiger partial charge in [-0.15, -0.1) is 0 Å². The normalized spacial score (nSPS) is 22.6. The van der Waals surface area contributed by atoms with E-state index in [9.17, 15) is 0 Å². The molecule has 3 fully saturated rings. The van der Waals surface area contributed by atoms with Gasteiger partial charge in [0.25, 0.3) is 0 Å². The molecule has 6 heteroatoms. The minimum atomic E-state index is 0.297. The van der Waals surface area contributed by atoms with Crippen LogP contribution >= 0.6 is 0 Å². The van der Waals surface area contributed by atoms with E-state index in [0.29, 0.717) is 11.5 Å². The number of hydrazine groups is 1. The number of nitrogens with one attached hydrogen (secondary N) is 2. The van der Waals surface area contributed by atoms with E-state index in [1.54, 1.807) is 0 Å². The number of anilines is 1. The number of hydrogen-bond acceptors (Lipinski definition) is 6. The fraction of sp³-hybridized carbons (Fsp3) is 0.517. The van der Waals surface area contributed by atoms with Crippen molar-refractivity contribution in [1.29, 1.82) is 0 Å². The summed E-state index contributed by atoms with van der Waals surface area (Å²) < 4.78 is 5.81. The van der Waals surface area contributed by atoms with E-state index < -0.39 is 0 Å². The van der Waals surface area contributed by atoms with E-state index >= 15 is 0 Å². The molecule has 0 amide bonds. The number of nitrogens with two attached hydrogens (primary N) is 1. The predicted octanol–water partition coefficient (Wildman–Crippen LogP) is 4.02. The van der Waals surface area contributed by atoms with E-state index in [1.807, 2.05) is 6.20 Å². The molecule has 3 heterocycles. The van der Waals surface area contributed by atoms with E-state index in [0.717, 1.165) is 50.5 Å². The zero-order chi connectivity index (χ0) is 24.1. The summed E-state index contributed by atoms with van der Waals surface area (Å²) in [6.07, 6.45) is 8.40. The summed E-state index contributed by atoms with van der Waals surface area (Å²) in [5.41, 5.74) is 9.43. The van der Waals surface area contributed by atoms with Crippen molar-refractivity contribution in [2.75, 3.05) is 44.2 Å². The Morgan fingerprint density at radius 2 is 1.91 bits per heavy atom. The molecule has 0 saturated carbocycles. The number of hydrogen-bond donors (Lipinski definition) is 3. The van der Waals surface area contributed by atoms with Gasteiger partial charge < -0.3 is 20.4 Å². The van der Waals surface area contributed by atoms with Crippen molar-refractivity contribution in [2.45, 2.75) is 51.7 Å². The van der Waals surface area contributed by atoms with Crippen molar-refractivity contribution in [3.8, 4) is 0 Å². The van der Waals surface area contributed by atoms with Crippen molar-refractivity contribution in [2.24, 2.45) is 11.3 Å². The quantitative estimate of drug-likeness (QED) is 0.396. The largest absolute Gasteiger partial charge is 0.387 e. The lowest BCUT2D eigenvalue weighted by molar-refractivity contribution is -0.0240. The lowest BCUT2D eigenvalue weighted by Crippen LogP contribution is -2.59. The van der Waals surface area contributed by atoms with Gasteiger partial charge in [-0.05, 0) is 67.7 Å². The van der Waals surface area contributed by atoms with E-state index in [1.165, 1.54) is 55.6 Å². The Morgan fingerprint density at radius 3 is 2.60 bits per heavy atom. The first-order valence-corrected chi connectivity index (χ1v) is 13.3. The smallest absolute Gasteiger partial charge is 0.0747 e. The Kier molecular flexibility index (Phi) is 7.61. The molecule has 6 nitrogen and oxygen atoms in total. The monoisotopic (exact) mass is 475 g/mol. The third kappa shape index (κ3) is 5.83. The molecule has 0 radical (unpaired) electrons. The maximum atomic E-state index is 5.88. The maximum absolute atomic E-state index is 5.88. The summed E-state index contributed by atoms with van der Waals surface area (Å²) >= 11 is 0. The summed E-state index contributed by atoms with van der Waals surface area (Å²) in [5, 5.41) is 3.41. The lowest BCUT2D eigenvalue weighted by Gasteiger charge is -2.54. The average Bonchev–Trinajstić information content (AvgIpc) is 2.88. The zero-order valence-corrected chi connectivity index (χ0v) is 21.1. The molecular weight excluding hydrogens is 434 g/mol. The fourth-order valence-electron chi connectivity index (χ4n) is 6.02. The van der Waals surface area contributed by atoms with Crippen molar-refractivity contribution < 1.29 is 4.74 Å². The number of piperidine rings is 1. The van der Waals surface area contributed by atoms with Crippen molar-refractivity contribution in [1.82, 2.24) is 15.6 Å². The number of likely N-dealkylation sites (tertiary alicyclic amines) is 1. The lowest BCUT2D eigenvalue weighted by atomic mass is 9.71. The van der Waals surface area contributed by atoms with Gasteiger partial charge >= 0.3 is 0 Å². The fourth-order valence-corrected chi connectivity index (χ4v) is 6.02. The predicted molar refractivity (Wildman–Crippen MR) is 144 cm³/mol.